The molecule has 0 amide bonds. The van der Waals surface area contributed by atoms with Crippen LogP contribution in [0.4, 0.5) is 5.69 Å². The van der Waals surface area contributed by atoms with E-state index in [-0.39, 0.29) is 6.79 Å². The minimum Gasteiger partial charge on any atom is -0.497 e. The van der Waals surface area contributed by atoms with Crippen LogP contribution in [-0.2, 0) is 4.74 Å². The number of methoxy groups -OCH3 is 2. The third-order valence-corrected chi connectivity index (χ3v) is 2.84. The van der Waals surface area contributed by atoms with E-state index in [2.05, 4.69) is 19.2 Å². The zero-order valence-electron chi connectivity index (χ0n) is 12.6. The molecule has 0 aliphatic carbocycles. The highest BCUT2D eigenvalue weighted by molar-refractivity contribution is 5.63. The van der Waals surface area contributed by atoms with Crippen molar-refractivity contribution in [3.05, 3.63) is 17.7 Å². The molecule has 0 spiro atoms. The molecule has 4 heteroatoms. The SMILES string of the molecule is COCOc1c(C)cc(OC)cc1NCCC(C)C. The minimum atomic E-state index is 0.242. The van der Waals surface area contributed by atoms with E-state index in [9.17, 15) is 0 Å². The Kier molecular flexibility index (Phi) is 6.50. The number of aryl methyl sites for hydroxylation is 1. The molecule has 0 saturated carbocycles. The van der Waals surface area contributed by atoms with Crippen molar-refractivity contribution < 1.29 is 14.2 Å². The summed E-state index contributed by atoms with van der Waals surface area (Å²) in [5.74, 6) is 2.32. The van der Waals surface area contributed by atoms with Gasteiger partial charge >= 0.3 is 0 Å². The zero-order valence-corrected chi connectivity index (χ0v) is 12.6. The molecule has 0 saturated heterocycles. The highest BCUT2D eigenvalue weighted by atomic mass is 16.7. The summed E-state index contributed by atoms with van der Waals surface area (Å²) < 4.78 is 15.9. The van der Waals surface area contributed by atoms with Crippen LogP contribution in [0.25, 0.3) is 0 Å². The van der Waals surface area contributed by atoms with Crippen LogP contribution in [0, 0.1) is 12.8 Å². The quantitative estimate of drug-likeness (QED) is 0.732. The smallest absolute Gasteiger partial charge is 0.188 e. The predicted octanol–water partition coefficient (Wildman–Crippen LogP) is 3.44. The monoisotopic (exact) mass is 267 g/mol. The summed E-state index contributed by atoms with van der Waals surface area (Å²) in [5.41, 5.74) is 1.98. The van der Waals surface area contributed by atoms with Crippen LogP contribution in [0.3, 0.4) is 0 Å². The van der Waals surface area contributed by atoms with Crippen LogP contribution in [-0.4, -0.2) is 27.6 Å². The van der Waals surface area contributed by atoms with Gasteiger partial charge in [0, 0.05) is 19.7 Å². The van der Waals surface area contributed by atoms with Crippen molar-refractivity contribution >= 4 is 5.69 Å². The lowest BCUT2D eigenvalue weighted by molar-refractivity contribution is 0.0511. The van der Waals surface area contributed by atoms with Gasteiger partial charge in [0.25, 0.3) is 0 Å². The fourth-order valence-corrected chi connectivity index (χ4v) is 1.79. The zero-order chi connectivity index (χ0) is 14.3. The molecule has 1 rings (SSSR count). The Morgan fingerprint density at radius 1 is 1.21 bits per heavy atom. The maximum Gasteiger partial charge on any atom is 0.188 e. The first kappa shape index (κ1) is 15.6. The van der Waals surface area contributed by atoms with Gasteiger partial charge in [0.2, 0.25) is 0 Å². The molecule has 19 heavy (non-hydrogen) atoms. The maximum absolute atomic E-state index is 5.63. The van der Waals surface area contributed by atoms with Gasteiger partial charge in [-0.15, -0.1) is 0 Å². The Bertz CT molecular complexity index is 391. The first-order valence-corrected chi connectivity index (χ1v) is 6.62. The molecule has 1 N–H and O–H groups in total. The van der Waals surface area contributed by atoms with Gasteiger partial charge in [-0.1, -0.05) is 13.8 Å². The molecule has 1 aromatic carbocycles. The molecular formula is C15H25NO3. The van der Waals surface area contributed by atoms with Crippen LogP contribution >= 0.6 is 0 Å². The Morgan fingerprint density at radius 2 is 1.95 bits per heavy atom. The Hall–Kier alpha value is -1.42. The summed E-state index contributed by atoms with van der Waals surface area (Å²) in [5, 5.41) is 3.41. The van der Waals surface area contributed by atoms with E-state index in [1.165, 1.54) is 0 Å². The van der Waals surface area contributed by atoms with Crippen LogP contribution in [0.5, 0.6) is 11.5 Å². The van der Waals surface area contributed by atoms with E-state index < -0.39 is 0 Å². The summed E-state index contributed by atoms with van der Waals surface area (Å²) in [7, 11) is 3.28. The van der Waals surface area contributed by atoms with Crippen molar-refractivity contribution in [3.8, 4) is 11.5 Å². The summed E-state index contributed by atoms with van der Waals surface area (Å²) in [6, 6.07) is 3.91. The fourth-order valence-electron chi connectivity index (χ4n) is 1.79. The van der Waals surface area contributed by atoms with Crippen molar-refractivity contribution in [1.29, 1.82) is 0 Å². The number of anilines is 1. The van der Waals surface area contributed by atoms with E-state index in [4.69, 9.17) is 14.2 Å². The lowest BCUT2D eigenvalue weighted by Gasteiger charge is -2.17. The fraction of sp³-hybridized carbons (Fsp3) is 0.600. The van der Waals surface area contributed by atoms with Crippen LogP contribution in [0.2, 0.25) is 0 Å². The predicted molar refractivity (Wildman–Crippen MR) is 78.2 cm³/mol. The average molecular weight is 267 g/mol. The molecule has 0 fully saturated rings. The van der Waals surface area contributed by atoms with Crippen LogP contribution < -0.4 is 14.8 Å². The maximum atomic E-state index is 5.63. The average Bonchev–Trinajstić information content (AvgIpc) is 2.37. The summed E-state index contributed by atoms with van der Waals surface area (Å²) in [4.78, 5) is 0. The Balaban J connectivity index is 2.85. The summed E-state index contributed by atoms with van der Waals surface area (Å²) in [6.45, 7) is 7.57. The second-order valence-corrected chi connectivity index (χ2v) is 4.98. The summed E-state index contributed by atoms with van der Waals surface area (Å²) in [6.07, 6.45) is 1.11. The molecule has 1 aromatic rings. The third kappa shape index (κ3) is 4.99. The van der Waals surface area contributed by atoms with Crippen molar-refractivity contribution in [2.24, 2.45) is 5.92 Å². The molecule has 4 nitrogen and oxygen atoms in total. The molecule has 108 valence electrons. The normalized spacial score (nSPS) is 10.6. The van der Waals surface area contributed by atoms with Gasteiger partial charge in [-0.05, 0) is 30.9 Å². The van der Waals surface area contributed by atoms with Gasteiger partial charge < -0.3 is 19.5 Å². The van der Waals surface area contributed by atoms with E-state index in [1.54, 1.807) is 14.2 Å². The van der Waals surface area contributed by atoms with Crippen molar-refractivity contribution in [1.82, 2.24) is 0 Å². The van der Waals surface area contributed by atoms with Gasteiger partial charge in [0.15, 0.2) is 6.79 Å². The molecule has 0 aliphatic rings. The highest BCUT2D eigenvalue weighted by Crippen LogP contribution is 2.33. The molecule has 0 atom stereocenters. The van der Waals surface area contributed by atoms with E-state index >= 15 is 0 Å². The van der Waals surface area contributed by atoms with Crippen molar-refractivity contribution in [2.75, 3.05) is 32.9 Å². The Morgan fingerprint density at radius 3 is 2.53 bits per heavy atom. The van der Waals surface area contributed by atoms with E-state index in [0.29, 0.717) is 5.92 Å². The van der Waals surface area contributed by atoms with Gasteiger partial charge in [-0.25, -0.2) is 0 Å². The topological polar surface area (TPSA) is 39.7 Å². The lowest BCUT2D eigenvalue weighted by atomic mass is 10.1. The van der Waals surface area contributed by atoms with Gasteiger partial charge in [-0.2, -0.15) is 0 Å². The second kappa shape index (κ2) is 7.89. The molecule has 0 aliphatic heterocycles. The number of ether oxygens (including phenoxy) is 3. The van der Waals surface area contributed by atoms with Crippen molar-refractivity contribution in [3.63, 3.8) is 0 Å². The highest BCUT2D eigenvalue weighted by Gasteiger charge is 2.10. The number of hydrogen-bond donors (Lipinski definition) is 1. The third-order valence-electron chi connectivity index (χ3n) is 2.84. The second-order valence-electron chi connectivity index (χ2n) is 4.98. The molecule has 0 heterocycles. The largest absolute Gasteiger partial charge is 0.497 e. The number of rotatable bonds is 8. The number of nitrogens with one attached hydrogen (secondary N) is 1. The van der Waals surface area contributed by atoms with Gasteiger partial charge in [0.1, 0.15) is 11.5 Å². The first-order valence-electron chi connectivity index (χ1n) is 6.62. The lowest BCUT2D eigenvalue weighted by Crippen LogP contribution is -2.09. The van der Waals surface area contributed by atoms with Crippen LogP contribution in [0.15, 0.2) is 12.1 Å². The van der Waals surface area contributed by atoms with E-state index in [0.717, 1.165) is 35.7 Å². The first-order chi connectivity index (χ1) is 9.08. The van der Waals surface area contributed by atoms with E-state index in [1.807, 2.05) is 19.1 Å². The van der Waals surface area contributed by atoms with Gasteiger partial charge in [-0.3, -0.25) is 0 Å². The minimum absolute atomic E-state index is 0.242. The number of hydrogen-bond acceptors (Lipinski definition) is 4. The molecule has 0 bridgehead atoms. The molecule has 0 aromatic heterocycles. The molecule has 0 radical (unpaired) electrons. The van der Waals surface area contributed by atoms with Crippen LogP contribution in [0.1, 0.15) is 25.8 Å². The Labute approximate surface area is 116 Å². The van der Waals surface area contributed by atoms with Gasteiger partial charge in [0.05, 0.1) is 12.8 Å². The number of benzene rings is 1. The summed E-state index contributed by atoms with van der Waals surface area (Å²) >= 11 is 0. The standard InChI is InChI=1S/C15H25NO3/c1-11(2)6-7-16-14-9-13(18-5)8-12(3)15(14)19-10-17-4/h8-9,11,16H,6-7,10H2,1-5H3. The van der Waals surface area contributed by atoms with Crippen molar-refractivity contribution in [2.45, 2.75) is 27.2 Å². The molecular weight excluding hydrogens is 242 g/mol. The molecule has 0 unspecified atom stereocenters.